The third kappa shape index (κ3) is 5.98. The normalized spacial score (nSPS) is 10.9. The maximum absolute atomic E-state index is 14.3. The highest BCUT2D eigenvalue weighted by molar-refractivity contribution is 7.22. The average molecular weight is 526 g/mol. The molecule has 0 aliphatic carbocycles. The van der Waals surface area contributed by atoms with Crippen molar-refractivity contribution in [3.05, 3.63) is 83.9 Å². The highest BCUT2D eigenvalue weighted by Crippen LogP contribution is 2.41. The summed E-state index contributed by atoms with van der Waals surface area (Å²) < 4.78 is 12.0. The summed E-state index contributed by atoms with van der Waals surface area (Å²) in [5.74, 6) is 0.935. The molecule has 36 heavy (non-hydrogen) atoms. The monoisotopic (exact) mass is 525 g/mol. The number of rotatable bonds is 10. The molecule has 1 heterocycles. The van der Waals surface area contributed by atoms with Gasteiger partial charge in [-0.25, -0.2) is 4.98 Å². The van der Waals surface area contributed by atoms with Crippen LogP contribution < -0.4 is 14.4 Å². The Kier molecular flexibility index (Phi) is 9.70. The van der Waals surface area contributed by atoms with Gasteiger partial charge in [0.1, 0.15) is 21.7 Å². The number of nitrogens with zero attached hydrogens (tertiary/aromatic N) is 3. The molecule has 0 aliphatic rings. The summed E-state index contributed by atoms with van der Waals surface area (Å²) in [5.41, 5.74) is 2.61. The van der Waals surface area contributed by atoms with Gasteiger partial charge in [-0.3, -0.25) is 9.69 Å². The minimum atomic E-state index is -0.437. The molecule has 1 aromatic heterocycles. The molecule has 0 fully saturated rings. The van der Waals surface area contributed by atoms with E-state index in [0.29, 0.717) is 28.7 Å². The first-order valence-corrected chi connectivity index (χ1v) is 12.4. The van der Waals surface area contributed by atoms with Crippen molar-refractivity contribution in [1.29, 1.82) is 0 Å². The molecule has 0 saturated carbocycles. The number of carbonyl (C=O) groups excluding carboxylic acids is 1. The van der Waals surface area contributed by atoms with Crippen molar-refractivity contribution in [3.63, 3.8) is 0 Å². The molecule has 0 atom stereocenters. The van der Waals surface area contributed by atoms with Crippen molar-refractivity contribution in [2.24, 2.45) is 0 Å². The lowest BCUT2D eigenvalue weighted by Crippen LogP contribution is -2.37. The fourth-order valence-corrected chi connectivity index (χ4v) is 5.27. The standard InChI is InChI=1S/C28H31N3O3S.ClH/c1-30(2)18-11-19-31(28-29-25-22(33-3)16-17-23(34-4)26(25)35-28)27(32)24(20-12-7-5-8-13-20)21-14-9-6-10-15-21;/h5-10,12-17,24H,11,18-19H2,1-4H3;1H. The highest BCUT2D eigenvalue weighted by Gasteiger charge is 2.30. The van der Waals surface area contributed by atoms with E-state index in [0.717, 1.165) is 28.8 Å². The van der Waals surface area contributed by atoms with Gasteiger partial charge in [0, 0.05) is 6.54 Å². The zero-order valence-electron chi connectivity index (χ0n) is 21.0. The smallest absolute Gasteiger partial charge is 0.240 e. The first-order chi connectivity index (χ1) is 17.0. The van der Waals surface area contributed by atoms with Crippen LogP contribution in [0.4, 0.5) is 5.13 Å². The molecule has 190 valence electrons. The predicted octanol–water partition coefficient (Wildman–Crippen LogP) is 5.85. The van der Waals surface area contributed by atoms with E-state index in [1.807, 2.05) is 91.8 Å². The number of ether oxygens (including phenoxy) is 2. The molecule has 0 aliphatic heterocycles. The SMILES string of the molecule is COc1ccc(OC)c2sc(N(CCCN(C)C)C(=O)C(c3ccccc3)c3ccccc3)nc12.Cl. The van der Waals surface area contributed by atoms with Gasteiger partial charge in [0.25, 0.3) is 0 Å². The lowest BCUT2D eigenvalue weighted by Gasteiger charge is -2.26. The minimum absolute atomic E-state index is 0. The Balaban J connectivity index is 0.00000361. The van der Waals surface area contributed by atoms with Crippen LogP contribution in [-0.2, 0) is 4.79 Å². The molecule has 8 heteroatoms. The quantitative estimate of drug-likeness (QED) is 0.260. The van der Waals surface area contributed by atoms with Gasteiger partial charge in [-0.2, -0.15) is 0 Å². The van der Waals surface area contributed by atoms with E-state index in [9.17, 15) is 4.79 Å². The predicted molar refractivity (Wildman–Crippen MR) is 150 cm³/mol. The summed E-state index contributed by atoms with van der Waals surface area (Å²) in [6.07, 6.45) is 0.819. The number of halogens is 1. The molecule has 6 nitrogen and oxygen atoms in total. The van der Waals surface area contributed by atoms with E-state index in [4.69, 9.17) is 14.5 Å². The van der Waals surface area contributed by atoms with Crippen LogP contribution in [0, 0.1) is 0 Å². The van der Waals surface area contributed by atoms with Crippen LogP contribution in [0.25, 0.3) is 10.2 Å². The number of thiazole rings is 1. The first kappa shape index (κ1) is 27.5. The van der Waals surface area contributed by atoms with Crippen LogP contribution >= 0.6 is 23.7 Å². The fraction of sp³-hybridized carbons (Fsp3) is 0.286. The van der Waals surface area contributed by atoms with Gasteiger partial charge in [0.05, 0.1) is 20.1 Å². The third-order valence-corrected chi connectivity index (χ3v) is 6.99. The number of methoxy groups -OCH3 is 2. The van der Waals surface area contributed by atoms with Crippen molar-refractivity contribution < 1.29 is 14.3 Å². The van der Waals surface area contributed by atoms with Crippen LogP contribution in [0.1, 0.15) is 23.5 Å². The third-order valence-electron chi connectivity index (χ3n) is 5.90. The molecule has 0 saturated heterocycles. The number of hydrogen-bond acceptors (Lipinski definition) is 6. The lowest BCUT2D eigenvalue weighted by molar-refractivity contribution is -0.119. The maximum Gasteiger partial charge on any atom is 0.240 e. The van der Waals surface area contributed by atoms with Gasteiger partial charge in [-0.05, 0) is 50.3 Å². The second-order valence-corrected chi connectivity index (χ2v) is 9.52. The molecular weight excluding hydrogens is 494 g/mol. The number of amides is 1. The van der Waals surface area contributed by atoms with Gasteiger partial charge in [0.15, 0.2) is 5.13 Å². The van der Waals surface area contributed by atoms with Crippen LogP contribution in [0.2, 0.25) is 0 Å². The van der Waals surface area contributed by atoms with E-state index in [-0.39, 0.29) is 18.3 Å². The van der Waals surface area contributed by atoms with E-state index < -0.39 is 5.92 Å². The largest absolute Gasteiger partial charge is 0.495 e. The minimum Gasteiger partial charge on any atom is -0.495 e. The summed E-state index contributed by atoms with van der Waals surface area (Å²) in [6.45, 7) is 1.42. The molecule has 0 bridgehead atoms. The van der Waals surface area contributed by atoms with Gasteiger partial charge >= 0.3 is 0 Å². The van der Waals surface area contributed by atoms with Crippen LogP contribution in [0.5, 0.6) is 11.5 Å². The Bertz CT molecular complexity index is 1180. The second kappa shape index (κ2) is 12.7. The van der Waals surface area contributed by atoms with E-state index in [1.54, 1.807) is 14.2 Å². The summed E-state index contributed by atoms with van der Waals surface area (Å²) >= 11 is 1.46. The van der Waals surface area contributed by atoms with Gasteiger partial charge in [-0.1, -0.05) is 72.0 Å². The second-order valence-electron chi connectivity index (χ2n) is 8.55. The van der Waals surface area contributed by atoms with Crippen molar-refractivity contribution in [2.75, 3.05) is 46.3 Å². The highest BCUT2D eigenvalue weighted by atomic mass is 35.5. The zero-order valence-corrected chi connectivity index (χ0v) is 22.6. The number of hydrogen-bond donors (Lipinski definition) is 0. The molecule has 0 N–H and O–H groups in total. The van der Waals surface area contributed by atoms with Crippen LogP contribution in [0.15, 0.2) is 72.8 Å². The van der Waals surface area contributed by atoms with Gasteiger partial charge in [0.2, 0.25) is 5.91 Å². The number of carbonyl (C=O) groups is 1. The molecule has 0 radical (unpaired) electrons. The maximum atomic E-state index is 14.3. The summed E-state index contributed by atoms with van der Waals surface area (Å²) in [4.78, 5) is 23.2. The molecule has 0 unspecified atom stereocenters. The Labute approximate surface area is 222 Å². The topological polar surface area (TPSA) is 54.9 Å². The fourth-order valence-electron chi connectivity index (χ4n) is 4.16. The Hall–Kier alpha value is -3.13. The first-order valence-electron chi connectivity index (χ1n) is 11.6. The van der Waals surface area contributed by atoms with Gasteiger partial charge < -0.3 is 14.4 Å². The Morgan fingerprint density at radius 2 is 1.42 bits per heavy atom. The zero-order chi connectivity index (χ0) is 24.8. The van der Waals surface area contributed by atoms with E-state index in [1.165, 1.54) is 11.3 Å². The number of anilines is 1. The lowest BCUT2D eigenvalue weighted by atomic mass is 9.90. The number of benzene rings is 3. The summed E-state index contributed by atoms with van der Waals surface area (Å²) in [6, 6.07) is 23.6. The molecule has 4 rings (SSSR count). The Morgan fingerprint density at radius 1 is 0.861 bits per heavy atom. The van der Waals surface area contributed by atoms with Crippen molar-refractivity contribution in [3.8, 4) is 11.5 Å². The Morgan fingerprint density at radius 3 is 1.94 bits per heavy atom. The molecule has 0 spiro atoms. The van der Waals surface area contributed by atoms with Crippen LogP contribution in [-0.4, -0.2) is 57.2 Å². The van der Waals surface area contributed by atoms with Crippen molar-refractivity contribution in [2.45, 2.75) is 12.3 Å². The molecular formula is C28H32ClN3O3S. The van der Waals surface area contributed by atoms with E-state index >= 15 is 0 Å². The molecule has 1 amide bonds. The van der Waals surface area contributed by atoms with Crippen molar-refractivity contribution >= 4 is 45.0 Å². The molecule has 4 aromatic rings. The van der Waals surface area contributed by atoms with Gasteiger partial charge in [-0.15, -0.1) is 12.4 Å². The summed E-state index contributed by atoms with van der Waals surface area (Å²) in [7, 11) is 7.34. The van der Waals surface area contributed by atoms with Crippen molar-refractivity contribution in [1.82, 2.24) is 9.88 Å². The number of aromatic nitrogens is 1. The average Bonchev–Trinajstić information content (AvgIpc) is 3.32. The van der Waals surface area contributed by atoms with Crippen LogP contribution in [0.3, 0.4) is 0 Å². The summed E-state index contributed by atoms with van der Waals surface area (Å²) in [5, 5.41) is 0.642. The number of fused-ring (bicyclic) bond motifs is 1. The van der Waals surface area contributed by atoms with E-state index in [2.05, 4.69) is 4.90 Å². The molecule has 3 aromatic carbocycles.